The van der Waals surface area contributed by atoms with E-state index in [9.17, 15) is 0 Å². The molecule has 1 aromatic rings. The molecule has 1 aliphatic carbocycles. The van der Waals surface area contributed by atoms with Gasteiger partial charge < -0.3 is 10.2 Å². The van der Waals surface area contributed by atoms with Gasteiger partial charge in [-0.1, -0.05) is 19.8 Å². The maximum Gasteiger partial charge on any atom is 0.122 e. The van der Waals surface area contributed by atoms with Crippen LogP contribution in [0.1, 0.15) is 50.8 Å². The fraction of sp³-hybridized carbons (Fsp3) is 0.714. The van der Waals surface area contributed by atoms with Crippen molar-refractivity contribution in [3.8, 4) is 0 Å². The fourth-order valence-corrected chi connectivity index (χ4v) is 2.94. The Kier molecular flexibility index (Phi) is 4.24. The number of nitrogens with zero attached hydrogens (tertiary/aromatic N) is 1. The van der Waals surface area contributed by atoms with E-state index in [1.165, 1.54) is 25.7 Å². The molecule has 1 fully saturated rings. The summed E-state index contributed by atoms with van der Waals surface area (Å²) in [5.74, 6) is 1.01. The van der Waals surface area contributed by atoms with Gasteiger partial charge in [0, 0.05) is 12.1 Å². The van der Waals surface area contributed by atoms with Crippen molar-refractivity contribution in [2.24, 2.45) is 5.73 Å². The van der Waals surface area contributed by atoms with Gasteiger partial charge in [-0.2, -0.15) is 0 Å². The van der Waals surface area contributed by atoms with Crippen LogP contribution in [0.25, 0.3) is 0 Å². The Labute approximate surface area is 104 Å². The van der Waals surface area contributed by atoms with Crippen LogP contribution in [-0.4, -0.2) is 24.0 Å². The number of nitrogens with two attached hydrogens (primary N) is 1. The lowest BCUT2D eigenvalue weighted by molar-refractivity contribution is 0.131. The van der Waals surface area contributed by atoms with Crippen molar-refractivity contribution in [1.29, 1.82) is 0 Å². The van der Waals surface area contributed by atoms with E-state index in [2.05, 4.69) is 18.9 Å². The second-order valence-electron chi connectivity index (χ2n) is 5.14. The van der Waals surface area contributed by atoms with Crippen LogP contribution >= 0.6 is 0 Å². The van der Waals surface area contributed by atoms with Crippen LogP contribution in [0, 0.1) is 0 Å². The molecule has 2 rings (SSSR count). The van der Waals surface area contributed by atoms with Gasteiger partial charge in [-0.3, -0.25) is 4.90 Å². The molecule has 1 aliphatic rings. The summed E-state index contributed by atoms with van der Waals surface area (Å²) in [6, 6.07) is 5.03. The molecule has 1 heterocycles. The summed E-state index contributed by atoms with van der Waals surface area (Å²) in [5.41, 5.74) is 6.28. The van der Waals surface area contributed by atoms with E-state index in [1.807, 2.05) is 12.1 Å². The standard InChI is InChI=1S/C14H24N2O/c1-3-12(15)14(13-9-6-10-17-13)16(2)11-7-4-5-8-11/h6,9-12,14H,3-5,7-8,15H2,1-2H3. The van der Waals surface area contributed by atoms with Gasteiger partial charge in [-0.15, -0.1) is 0 Å². The van der Waals surface area contributed by atoms with E-state index in [4.69, 9.17) is 10.2 Å². The Balaban J connectivity index is 2.14. The lowest BCUT2D eigenvalue weighted by Gasteiger charge is -2.35. The number of hydrogen-bond donors (Lipinski definition) is 1. The lowest BCUT2D eigenvalue weighted by Crippen LogP contribution is -2.42. The van der Waals surface area contributed by atoms with E-state index in [1.54, 1.807) is 6.26 Å². The maximum atomic E-state index is 6.28. The Morgan fingerprint density at radius 2 is 2.18 bits per heavy atom. The van der Waals surface area contributed by atoms with Crippen molar-refractivity contribution < 1.29 is 4.42 Å². The molecule has 0 aromatic carbocycles. The molecule has 0 spiro atoms. The van der Waals surface area contributed by atoms with Crippen LogP contribution in [0.5, 0.6) is 0 Å². The van der Waals surface area contributed by atoms with E-state index in [0.717, 1.165) is 12.2 Å². The highest BCUT2D eigenvalue weighted by Gasteiger charge is 2.31. The average molecular weight is 236 g/mol. The van der Waals surface area contributed by atoms with Gasteiger partial charge in [-0.25, -0.2) is 0 Å². The monoisotopic (exact) mass is 236 g/mol. The number of rotatable bonds is 5. The summed E-state index contributed by atoms with van der Waals surface area (Å²) in [7, 11) is 2.19. The Bertz CT molecular complexity index is 317. The zero-order valence-electron chi connectivity index (χ0n) is 10.9. The molecule has 2 atom stereocenters. The zero-order chi connectivity index (χ0) is 12.3. The normalized spacial score (nSPS) is 20.9. The third-order valence-electron chi connectivity index (χ3n) is 4.05. The molecule has 0 radical (unpaired) electrons. The summed E-state index contributed by atoms with van der Waals surface area (Å²) in [6.45, 7) is 2.14. The van der Waals surface area contributed by atoms with Gasteiger partial charge in [0.05, 0.1) is 12.3 Å². The van der Waals surface area contributed by atoms with E-state index >= 15 is 0 Å². The summed E-state index contributed by atoms with van der Waals surface area (Å²) in [4.78, 5) is 2.43. The van der Waals surface area contributed by atoms with Gasteiger partial charge in [0.25, 0.3) is 0 Å². The molecular weight excluding hydrogens is 212 g/mol. The van der Waals surface area contributed by atoms with Crippen LogP contribution in [0.3, 0.4) is 0 Å². The van der Waals surface area contributed by atoms with Crippen molar-refractivity contribution in [1.82, 2.24) is 4.90 Å². The average Bonchev–Trinajstić information content (AvgIpc) is 3.01. The maximum absolute atomic E-state index is 6.28. The summed E-state index contributed by atoms with van der Waals surface area (Å²) < 4.78 is 5.58. The SMILES string of the molecule is CCC(N)C(c1ccco1)N(C)C1CCCC1. The minimum Gasteiger partial charge on any atom is -0.468 e. The topological polar surface area (TPSA) is 42.4 Å². The van der Waals surface area contributed by atoms with Crippen molar-refractivity contribution in [3.05, 3.63) is 24.2 Å². The van der Waals surface area contributed by atoms with Gasteiger partial charge in [0.1, 0.15) is 5.76 Å². The Morgan fingerprint density at radius 1 is 1.47 bits per heavy atom. The molecular formula is C14H24N2O. The minimum atomic E-state index is 0.145. The van der Waals surface area contributed by atoms with Gasteiger partial charge in [0.2, 0.25) is 0 Å². The molecule has 2 N–H and O–H groups in total. The van der Waals surface area contributed by atoms with Crippen LogP contribution < -0.4 is 5.73 Å². The first-order chi connectivity index (χ1) is 8.24. The quantitative estimate of drug-likeness (QED) is 0.854. The van der Waals surface area contributed by atoms with E-state index in [0.29, 0.717) is 6.04 Å². The molecule has 1 aromatic heterocycles. The first-order valence-corrected chi connectivity index (χ1v) is 6.75. The Morgan fingerprint density at radius 3 is 2.71 bits per heavy atom. The predicted molar refractivity (Wildman–Crippen MR) is 69.7 cm³/mol. The summed E-state index contributed by atoms with van der Waals surface area (Å²) in [5, 5.41) is 0. The molecule has 0 bridgehead atoms. The molecule has 1 saturated carbocycles. The summed E-state index contributed by atoms with van der Waals surface area (Å²) >= 11 is 0. The first-order valence-electron chi connectivity index (χ1n) is 6.75. The molecule has 3 nitrogen and oxygen atoms in total. The zero-order valence-corrected chi connectivity index (χ0v) is 10.9. The second kappa shape index (κ2) is 5.69. The Hall–Kier alpha value is -0.800. The van der Waals surface area contributed by atoms with E-state index < -0.39 is 0 Å². The molecule has 0 aliphatic heterocycles. The molecule has 2 unspecified atom stereocenters. The highest BCUT2D eigenvalue weighted by Crippen LogP contribution is 2.32. The fourth-order valence-electron chi connectivity index (χ4n) is 2.94. The van der Waals surface area contributed by atoms with Crippen molar-refractivity contribution in [2.45, 2.75) is 57.2 Å². The largest absolute Gasteiger partial charge is 0.468 e. The van der Waals surface area contributed by atoms with Gasteiger partial charge in [-0.05, 0) is 38.4 Å². The summed E-state index contributed by atoms with van der Waals surface area (Å²) in [6.07, 6.45) is 8.01. The van der Waals surface area contributed by atoms with E-state index in [-0.39, 0.29) is 12.1 Å². The van der Waals surface area contributed by atoms with Gasteiger partial charge in [0.15, 0.2) is 0 Å². The molecule has 0 saturated heterocycles. The second-order valence-corrected chi connectivity index (χ2v) is 5.14. The third-order valence-corrected chi connectivity index (χ3v) is 4.05. The van der Waals surface area contributed by atoms with Crippen LogP contribution in [0.15, 0.2) is 22.8 Å². The van der Waals surface area contributed by atoms with Crippen molar-refractivity contribution in [3.63, 3.8) is 0 Å². The predicted octanol–water partition coefficient (Wildman–Crippen LogP) is 2.93. The molecule has 3 heteroatoms. The van der Waals surface area contributed by atoms with Gasteiger partial charge >= 0.3 is 0 Å². The third kappa shape index (κ3) is 2.72. The van der Waals surface area contributed by atoms with Crippen molar-refractivity contribution in [2.75, 3.05) is 7.05 Å². The molecule has 17 heavy (non-hydrogen) atoms. The molecule has 0 amide bonds. The molecule has 96 valence electrons. The van der Waals surface area contributed by atoms with Crippen molar-refractivity contribution >= 4 is 0 Å². The number of furan rings is 1. The number of likely N-dealkylation sites (N-methyl/N-ethyl adjacent to an activating group) is 1. The minimum absolute atomic E-state index is 0.145. The van der Waals surface area contributed by atoms with Crippen LogP contribution in [0.4, 0.5) is 0 Å². The highest BCUT2D eigenvalue weighted by atomic mass is 16.3. The smallest absolute Gasteiger partial charge is 0.122 e. The first kappa shape index (κ1) is 12.7. The highest BCUT2D eigenvalue weighted by molar-refractivity contribution is 5.08. The number of hydrogen-bond acceptors (Lipinski definition) is 3. The van der Waals surface area contributed by atoms with Crippen LogP contribution in [0.2, 0.25) is 0 Å². The lowest BCUT2D eigenvalue weighted by atomic mass is 10.0. The van der Waals surface area contributed by atoms with Crippen LogP contribution in [-0.2, 0) is 0 Å².